The first-order valence-electron chi connectivity index (χ1n) is 26.1. The van der Waals surface area contributed by atoms with Crippen molar-refractivity contribution in [3.05, 3.63) is 110 Å². The van der Waals surface area contributed by atoms with Crippen LogP contribution in [-0.2, 0) is 84.2 Å². The van der Waals surface area contributed by atoms with Crippen molar-refractivity contribution >= 4 is 64.1 Å². The third-order valence-corrected chi connectivity index (χ3v) is 15.0. The molecule has 22 nitrogen and oxygen atoms in total. The molecule has 0 spiro atoms. The fourth-order valence-corrected chi connectivity index (χ4v) is 11.0. The predicted octanol–water partition coefficient (Wildman–Crippen LogP) is 1.16. The molecule has 1 aliphatic carbocycles. The Morgan fingerprint density at radius 3 is 2.36 bits per heavy atom. The van der Waals surface area contributed by atoms with Gasteiger partial charge < -0.3 is 50.6 Å². The fraction of sp³-hybridized carbons (Fsp3) is 0.436. The summed E-state index contributed by atoms with van der Waals surface area (Å²) in [7, 11) is 0. The number of carbonyl (C=O) groups is 9. The molecule has 6 heterocycles. The number of hydrogen-bond donors (Lipinski definition) is 6. The van der Waals surface area contributed by atoms with E-state index in [-0.39, 0.29) is 87.5 Å². The number of benzene rings is 2. The van der Waals surface area contributed by atoms with Gasteiger partial charge in [0, 0.05) is 60.7 Å². The Bertz CT molecular complexity index is 3220. The van der Waals surface area contributed by atoms with Crippen LogP contribution < -0.4 is 32.1 Å². The number of fused-ring (bicyclic) bond motifs is 5. The van der Waals surface area contributed by atoms with Gasteiger partial charge in [-0.25, -0.2) is 14.2 Å². The highest BCUT2D eigenvalue weighted by Gasteiger charge is 2.47. The quantitative estimate of drug-likeness (QED) is 0.0246. The van der Waals surface area contributed by atoms with Gasteiger partial charge in [0.05, 0.1) is 67.2 Å². The summed E-state index contributed by atoms with van der Waals surface area (Å²) in [6.45, 7) is 1.94. The molecular formula is C55H60FN9O13. The second-order valence-corrected chi connectivity index (χ2v) is 20.1. The molecule has 0 saturated carbocycles. The summed E-state index contributed by atoms with van der Waals surface area (Å²) < 4.78 is 28.4. The molecule has 2 aromatic carbocycles. The van der Waals surface area contributed by atoms with E-state index in [0.29, 0.717) is 77.5 Å². The number of halogens is 1. The van der Waals surface area contributed by atoms with Gasteiger partial charge >= 0.3 is 5.97 Å². The Hall–Kier alpha value is -8.18. The molecule has 78 heavy (non-hydrogen) atoms. The molecule has 9 rings (SSSR count). The first kappa shape index (κ1) is 54.6. The minimum Gasteiger partial charge on any atom is -0.458 e. The number of likely N-dealkylation sites (tertiary alicyclic amines) is 1. The SMILES string of the molecule is CCC[C@@]1(O)C(=O)OCc2c1cc1n(c2=O)Cc2c-1nc1cc(F)c(C)c3c1c2[C@@H](N1CC(OCNC(=O)CNC(=O)[C@H](Cc2ccccc2)NC(=O)CNC(=O)CNC(=O)CCCCCN2C(=O)C=CC2=O)CC1=O)CC3. The van der Waals surface area contributed by atoms with Crippen molar-refractivity contribution in [1.82, 2.24) is 45.9 Å². The minimum absolute atomic E-state index is 0.0179. The number of amides is 8. The number of ether oxygens (including phenoxy) is 2. The van der Waals surface area contributed by atoms with E-state index in [1.165, 1.54) is 22.8 Å². The Morgan fingerprint density at radius 2 is 1.60 bits per heavy atom. The first-order chi connectivity index (χ1) is 37.4. The summed E-state index contributed by atoms with van der Waals surface area (Å²) >= 11 is 0. The summed E-state index contributed by atoms with van der Waals surface area (Å²) in [5.41, 5.74) is 2.23. The smallest absolute Gasteiger partial charge is 0.343 e. The van der Waals surface area contributed by atoms with E-state index in [1.807, 2.05) is 0 Å². The number of pyridine rings is 2. The van der Waals surface area contributed by atoms with E-state index < -0.39 is 90.3 Å². The average molecular weight is 1070 g/mol. The molecule has 4 aromatic rings. The van der Waals surface area contributed by atoms with Crippen molar-refractivity contribution in [2.45, 2.75) is 115 Å². The van der Waals surface area contributed by atoms with E-state index in [9.17, 15) is 53.1 Å². The third-order valence-electron chi connectivity index (χ3n) is 15.0. The van der Waals surface area contributed by atoms with Crippen LogP contribution in [-0.4, -0.2) is 129 Å². The number of nitrogens with zero attached hydrogens (tertiary/aromatic N) is 4. The summed E-state index contributed by atoms with van der Waals surface area (Å²) in [5.74, 6) is -5.32. The number of cyclic esters (lactones) is 1. The Morgan fingerprint density at radius 1 is 0.885 bits per heavy atom. The van der Waals surface area contributed by atoms with E-state index in [4.69, 9.17) is 14.5 Å². The second kappa shape index (κ2) is 23.2. The van der Waals surface area contributed by atoms with Gasteiger partial charge in [-0.1, -0.05) is 50.1 Å². The zero-order valence-corrected chi connectivity index (χ0v) is 43.2. The van der Waals surface area contributed by atoms with Crippen LogP contribution in [0.2, 0.25) is 0 Å². The maximum atomic E-state index is 15.6. The molecule has 1 saturated heterocycles. The highest BCUT2D eigenvalue weighted by molar-refractivity contribution is 6.12. The number of aryl methyl sites for hydroxylation is 1. The van der Waals surface area contributed by atoms with E-state index in [1.54, 1.807) is 55.1 Å². The lowest BCUT2D eigenvalue weighted by molar-refractivity contribution is -0.172. The molecule has 4 aliphatic heterocycles. The monoisotopic (exact) mass is 1070 g/mol. The van der Waals surface area contributed by atoms with Crippen LogP contribution in [0.3, 0.4) is 0 Å². The highest BCUT2D eigenvalue weighted by atomic mass is 19.1. The normalized spacial score (nSPS) is 19.3. The largest absolute Gasteiger partial charge is 0.458 e. The van der Waals surface area contributed by atoms with Crippen molar-refractivity contribution in [3.63, 3.8) is 0 Å². The van der Waals surface area contributed by atoms with Gasteiger partial charge in [-0.3, -0.25) is 48.1 Å². The fourth-order valence-electron chi connectivity index (χ4n) is 11.0. The zero-order chi connectivity index (χ0) is 55.4. The molecule has 5 aliphatic rings. The van der Waals surface area contributed by atoms with Crippen molar-refractivity contribution in [3.8, 4) is 11.4 Å². The maximum Gasteiger partial charge on any atom is 0.343 e. The van der Waals surface area contributed by atoms with Crippen LogP contribution in [0.4, 0.5) is 4.39 Å². The van der Waals surface area contributed by atoms with Crippen molar-refractivity contribution in [2.75, 3.05) is 39.5 Å². The summed E-state index contributed by atoms with van der Waals surface area (Å²) in [6, 6.07) is 10.1. The maximum absolute atomic E-state index is 15.6. The number of rotatable bonds is 22. The van der Waals surface area contributed by atoms with Crippen LogP contribution >= 0.6 is 0 Å². The minimum atomic E-state index is -2.04. The summed E-state index contributed by atoms with van der Waals surface area (Å²) in [6.07, 6.45) is 4.77. The number of imide groups is 1. The second-order valence-electron chi connectivity index (χ2n) is 20.1. The predicted molar refractivity (Wildman–Crippen MR) is 275 cm³/mol. The van der Waals surface area contributed by atoms with Crippen LogP contribution in [0.1, 0.15) is 103 Å². The van der Waals surface area contributed by atoms with Crippen LogP contribution in [0, 0.1) is 12.7 Å². The van der Waals surface area contributed by atoms with Crippen LogP contribution in [0.5, 0.6) is 0 Å². The van der Waals surface area contributed by atoms with Crippen molar-refractivity contribution in [1.29, 1.82) is 0 Å². The molecule has 8 amide bonds. The summed E-state index contributed by atoms with van der Waals surface area (Å²) in [4.78, 5) is 136. The van der Waals surface area contributed by atoms with E-state index in [2.05, 4.69) is 26.6 Å². The standard InChI is InChI=1S/C55H60FN9O13/c1-3-17-55(76)36-21-41-51-34(27-65(41)53(74)35(36)28-77-54(55)75)50-40(14-13-33-30(2)37(56)22-38(62-51)49(33)50)64-26-32(20-48(64)72)78-29-60-44(68)24-59-52(73)39(19-31-10-6-4-7-11-31)61-45(69)25-58-43(67)23-57-42(66)12-8-5-9-18-63-46(70)15-16-47(63)71/h4,6-7,10-11,15-16,21-22,32,39-40,76H,3,5,8-9,12-14,17-20,23-29H2,1-2H3,(H,57,66)(H,58,67)(H,59,73)(H,60,68)(H,61,69)/t32?,39-,40-,55-/m0/s1. The average Bonchev–Trinajstić information content (AvgIpc) is 4.15. The zero-order valence-electron chi connectivity index (χ0n) is 43.2. The summed E-state index contributed by atoms with van der Waals surface area (Å²) in [5, 5.41) is 24.9. The first-order valence-corrected chi connectivity index (χ1v) is 26.1. The number of carbonyl (C=O) groups excluding carboxylic acids is 9. The number of unbranched alkanes of at least 4 members (excludes halogenated alkanes) is 2. The lowest BCUT2D eigenvalue weighted by Crippen LogP contribution is -2.52. The van der Waals surface area contributed by atoms with Crippen molar-refractivity contribution in [2.24, 2.45) is 0 Å². The molecule has 1 unspecified atom stereocenters. The van der Waals surface area contributed by atoms with Gasteiger partial charge in [-0.2, -0.15) is 0 Å². The Balaban J connectivity index is 0.773. The highest BCUT2D eigenvalue weighted by Crippen LogP contribution is 2.48. The molecule has 4 atom stereocenters. The molecule has 1 fully saturated rings. The molecule has 6 N–H and O–H groups in total. The molecule has 410 valence electrons. The Kier molecular flexibility index (Phi) is 16.2. The third kappa shape index (κ3) is 11.3. The Labute approximate surface area is 446 Å². The molecular weight excluding hydrogens is 1010 g/mol. The van der Waals surface area contributed by atoms with Gasteiger partial charge in [-0.05, 0) is 67.3 Å². The van der Waals surface area contributed by atoms with E-state index in [0.717, 1.165) is 16.0 Å². The van der Waals surface area contributed by atoms with Crippen molar-refractivity contribution < 1.29 is 62.1 Å². The molecule has 0 radical (unpaired) electrons. The van der Waals surface area contributed by atoms with Gasteiger partial charge in [0.2, 0.25) is 35.4 Å². The van der Waals surface area contributed by atoms with Crippen LogP contribution in [0.25, 0.3) is 22.3 Å². The molecule has 2 aromatic heterocycles. The molecule has 0 bridgehead atoms. The van der Waals surface area contributed by atoms with Gasteiger partial charge in [0.25, 0.3) is 17.4 Å². The van der Waals surface area contributed by atoms with Gasteiger partial charge in [-0.15, -0.1) is 0 Å². The number of nitrogens with one attached hydrogen (secondary N) is 5. The molecule has 23 heteroatoms. The lowest BCUT2D eigenvalue weighted by Gasteiger charge is -2.35. The number of aromatic nitrogens is 2. The number of aliphatic hydroxyl groups is 1. The number of hydrogen-bond acceptors (Lipinski definition) is 14. The van der Waals surface area contributed by atoms with Gasteiger partial charge in [0.15, 0.2) is 5.60 Å². The van der Waals surface area contributed by atoms with E-state index >= 15 is 4.39 Å². The number of esters is 1. The van der Waals surface area contributed by atoms with Crippen LogP contribution in [0.15, 0.2) is 59.4 Å². The van der Waals surface area contributed by atoms with Gasteiger partial charge in [0.1, 0.15) is 25.2 Å². The topological polar surface area (TPSA) is 294 Å². The lowest BCUT2D eigenvalue weighted by atomic mass is 9.81.